The molecule has 2 aromatic carbocycles. The molecular formula is C26H23N3O3S2. The highest BCUT2D eigenvalue weighted by atomic mass is 32.1. The van der Waals surface area contributed by atoms with Crippen molar-refractivity contribution in [3.63, 3.8) is 0 Å². The number of aryl methyl sites for hydroxylation is 1. The van der Waals surface area contributed by atoms with Crippen LogP contribution < -0.4 is 16.0 Å². The number of thiophene rings is 2. The second-order valence-corrected chi connectivity index (χ2v) is 9.51. The maximum Gasteiger partial charge on any atom is 0.265 e. The van der Waals surface area contributed by atoms with Crippen LogP contribution in [0.1, 0.15) is 37.7 Å². The number of hydrogen-bond acceptors (Lipinski definition) is 5. The van der Waals surface area contributed by atoms with E-state index in [1.807, 2.05) is 22.9 Å². The number of amides is 3. The zero-order valence-corrected chi connectivity index (χ0v) is 19.9. The number of carbonyl (C=O) groups excluding carboxylic acids is 3. The summed E-state index contributed by atoms with van der Waals surface area (Å²) in [5.41, 5.74) is 2.13. The molecule has 172 valence electrons. The van der Waals surface area contributed by atoms with E-state index in [1.54, 1.807) is 65.9 Å². The normalized spacial score (nSPS) is 10.5. The third-order valence-corrected chi connectivity index (χ3v) is 6.74. The van der Waals surface area contributed by atoms with Crippen molar-refractivity contribution in [2.45, 2.75) is 19.3 Å². The number of nitrogens with one attached hydrogen (secondary N) is 3. The summed E-state index contributed by atoms with van der Waals surface area (Å²) in [5.74, 6) is -0.587. The lowest BCUT2D eigenvalue weighted by molar-refractivity contribution is -0.116. The molecule has 0 fully saturated rings. The molecule has 0 unspecified atom stereocenters. The van der Waals surface area contributed by atoms with Gasteiger partial charge in [0, 0.05) is 33.9 Å². The van der Waals surface area contributed by atoms with Gasteiger partial charge in [-0.15, -0.1) is 22.7 Å². The third-order valence-electron chi connectivity index (χ3n) is 4.94. The Balaban J connectivity index is 1.32. The maximum atomic E-state index is 12.8. The monoisotopic (exact) mass is 489 g/mol. The van der Waals surface area contributed by atoms with Gasteiger partial charge in [-0.2, -0.15) is 0 Å². The molecule has 2 heterocycles. The van der Waals surface area contributed by atoms with E-state index in [4.69, 9.17) is 0 Å². The Morgan fingerprint density at radius 1 is 0.676 bits per heavy atom. The fraction of sp³-hybridized carbons (Fsp3) is 0.115. The summed E-state index contributed by atoms with van der Waals surface area (Å²) in [5, 5.41) is 12.4. The molecule has 34 heavy (non-hydrogen) atoms. The first-order chi connectivity index (χ1) is 16.6. The van der Waals surface area contributed by atoms with E-state index in [9.17, 15) is 14.4 Å². The largest absolute Gasteiger partial charge is 0.326 e. The minimum Gasteiger partial charge on any atom is -0.326 e. The number of anilines is 3. The number of benzene rings is 2. The van der Waals surface area contributed by atoms with Crippen LogP contribution in [-0.4, -0.2) is 17.7 Å². The van der Waals surface area contributed by atoms with Crippen LogP contribution in [0.4, 0.5) is 17.1 Å². The highest BCUT2D eigenvalue weighted by molar-refractivity contribution is 7.12. The second kappa shape index (κ2) is 11.4. The minimum atomic E-state index is -0.310. The summed E-state index contributed by atoms with van der Waals surface area (Å²) < 4.78 is 0. The summed E-state index contributed by atoms with van der Waals surface area (Å²) >= 11 is 3.05. The molecule has 0 aliphatic heterocycles. The molecular weight excluding hydrogens is 466 g/mol. The highest BCUT2D eigenvalue weighted by Crippen LogP contribution is 2.19. The molecule has 0 bridgehead atoms. The Kier molecular flexibility index (Phi) is 7.85. The average Bonchev–Trinajstić information content (AvgIpc) is 3.54. The molecule has 0 saturated heterocycles. The molecule has 0 aliphatic carbocycles. The molecule has 4 rings (SSSR count). The molecule has 8 heteroatoms. The number of rotatable bonds is 9. The van der Waals surface area contributed by atoms with E-state index in [0.717, 1.165) is 12.8 Å². The van der Waals surface area contributed by atoms with Crippen molar-refractivity contribution in [1.82, 2.24) is 0 Å². The quantitative estimate of drug-likeness (QED) is 0.259. The van der Waals surface area contributed by atoms with Crippen molar-refractivity contribution in [1.29, 1.82) is 0 Å². The molecule has 0 saturated carbocycles. The molecule has 0 spiro atoms. The Morgan fingerprint density at radius 3 is 2.06 bits per heavy atom. The molecule has 0 aliphatic rings. The first kappa shape index (κ1) is 23.4. The van der Waals surface area contributed by atoms with Crippen LogP contribution in [0.25, 0.3) is 0 Å². The topological polar surface area (TPSA) is 87.3 Å². The molecule has 0 atom stereocenters. The van der Waals surface area contributed by atoms with Crippen molar-refractivity contribution in [3.8, 4) is 0 Å². The van der Waals surface area contributed by atoms with Gasteiger partial charge in [-0.05, 0) is 72.1 Å². The van der Waals surface area contributed by atoms with Gasteiger partial charge < -0.3 is 16.0 Å². The van der Waals surface area contributed by atoms with Crippen LogP contribution >= 0.6 is 22.7 Å². The number of hydrogen-bond donors (Lipinski definition) is 3. The molecule has 4 aromatic rings. The van der Waals surface area contributed by atoms with Gasteiger partial charge in [-0.3, -0.25) is 14.4 Å². The zero-order valence-electron chi connectivity index (χ0n) is 18.2. The van der Waals surface area contributed by atoms with E-state index >= 15 is 0 Å². The Morgan fingerprint density at radius 2 is 1.35 bits per heavy atom. The van der Waals surface area contributed by atoms with Crippen LogP contribution in [0.2, 0.25) is 0 Å². The minimum absolute atomic E-state index is 0.0803. The smallest absolute Gasteiger partial charge is 0.265 e. The molecule has 3 amide bonds. The summed E-state index contributed by atoms with van der Waals surface area (Å²) in [6.45, 7) is 0. The number of carbonyl (C=O) groups is 3. The lowest BCUT2D eigenvalue weighted by Gasteiger charge is -2.10. The summed E-state index contributed by atoms with van der Waals surface area (Å²) in [7, 11) is 0. The lowest BCUT2D eigenvalue weighted by Crippen LogP contribution is -2.15. The molecule has 2 aromatic heterocycles. The van der Waals surface area contributed by atoms with Gasteiger partial charge in [0.15, 0.2) is 0 Å². The molecule has 6 nitrogen and oxygen atoms in total. The SMILES string of the molecule is O=C(CCCc1cccs1)Nc1cccc(C(=O)Nc2cccc(NC(=O)c3cccs3)c2)c1. The second-order valence-electron chi connectivity index (χ2n) is 7.53. The van der Waals surface area contributed by atoms with Gasteiger partial charge >= 0.3 is 0 Å². The zero-order chi connectivity index (χ0) is 23.8. The maximum absolute atomic E-state index is 12.8. The highest BCUT2D eigenvalue weighted by Gasteiger charge is 2.11. The van der Waals surface area contributed by atoms with Gasteiger partial charge in [0.2, 0.25) is 5.91 Å². The Bertz CT molecular complexity index is 1270. The fourth-order valence-corrected chi connectivity index (χ4v) is 4.69. The van der Waals surface area contributed by atoms with E-state index in [2.05, 4.69) is 22.0 Å². The van der Waals surface area contributed by atoms with E-state index < -0.39 is 0 Å². The van der Waals surface area contributed by atoms with E-state index in [-0.39, 0.29) is 17.7 Å². The Hall–Kier alpha value is -3.75. The lowest BCUT2D eigenvalue weighted by atomic mass is 10.1. The molecule has 3 N–H and O–H groups in total. The van der Waals surface area contributed by atoms with Gasteiger partial charge in [0.05, 0.1) is 4.88 Å². The third kappa shape index (κ3) is 6.63. The van der Waals surface area contributed by atoms with Gasteiger partial charge in [0.1, 0.15) is 0 Å². The van der Waals surface area contributed by atoms with Crippen LogP contribution in [0.5, 0.6) is 0 Å². The predicted molar refractivity (Wildman–Crippen MR) is 139 cm³/mol. The van der Waals surface area contributed by atoms with Crippen molar-refractivity contribution in [2.75, 3.05) is 16.0 Å². The van der Waals surface area contributed by atoms with Gasteiger partial charge in [0.25, 0.3) is 11.8 Å². The van der Waals surface area contributed by atoms with Crippen LogP contribution in [-0.2, 0) is 11.2 Å². The first-order valence-corrected chi connectivity index (χ1v) is 12.5. The Labute approximate surface area is 205 Å². The van der Waals surface area contributed by atoms with Crippen LogP contribution in [0.15, 0.2) is 83.6 Å². The first-order valence-electron chi connectivity index (χ1n) is 10.8. The molecule has 0 radical (unpaired) electrons. The summed E-state index contributed by atoms with van der Waals surface area (Å²) in [4.78, 5) is 39.2. The van der Waals surface area contributed by atoms with Crippen molar-refractivity contribution < 1.29 is 14.4 Å². The fourth-order valence-electron chi connectivity index (χ4n) is 3.32. The van der Waals surface area contributed by atoms with Gasteiger partial charge in [-0.25, -0.2) is 0 Å². The summed E-state index contributed by atoms with van der Waals surface area (Å²) in [6, 6.07) is 21.4. The van der Waals surface area contributed by atoms with Crippen molar-refractivity contribution >= 4 is 57.5 Å². The van der Waals surface area contributed by atoms with Gasteiger partial charge in [-0.1, -0.05) is 24.3 Å². The standard InChI is InChI=1S/C26H23N3O3S2/c30-24(13-3-10-22-11-4-14-33-22)27-19-7-1-6-18(16-19)25(31)28-20-8-2-9-21(17-20)29-26(32)23-12-5-15-34-23/h1-2,4-9,11-12,14-17H,3,10,13H2,(H,27,30)(H,28,31)(H,29,32). The van der Waals surface area contributed by atoms with Crippen LogP contribution in [0, 0.1) is 0 Å². The summed E-state index contributed by atoms with van der Waals surface area (Å²) in [6.07, 6.45) is 2.06. The van der Waals surface area contributed by atoms with Crippen molar-refractivity contribution in [2.24, 2.45) is 0 Å². The van der Waals surface area contributed by atoms with E-state index in [1.165, 1.54) is 16.2 Å². The average molecular weight is 490 g/mol. The van der Waals surface area contributed by atoms with E-state index in [0.29, 0.717) is 33.9 Å². The predicted octanol–water partition coefficient (Wildman–Crippen LogP) is 6.28. The van der Waals surface area contributed by atoms with Crippen LogP contribution in [0.3, 0.4) is 0 Å². The van der Waals surface area contributed by atoms with Crippen molar-refractivity contribution in [3.05, 3.63) is 98.9 Å².